The van der Waals surface area contributed by atoms with Gasteiger partial charge in [-0.2, -0.15) is 5.10 Å². The average Bonchev–Trinajstić information content (AvgIpc) is 3.42. The van der Waals surface area contributed by atoms with E-state index in [2.05, 4.69) is 15.5 Å². The number of halogens is 2. The van der Waals surface area contributed by atoms with Crippen LogP contribution in [-0.2, 0) is 0 Å². The molecule has 1 fully saturated rings. The monoisotopic (exact) mass is 439 g/mol. The van der Waals surface area contributed by atoms with Crippen LogP contribution in [0.4, 0.5) is 14.6 Å². The number of nitrogens with zero attached hydrogens (tertiary/aromatic N) is 2. The lowest BCUT2D eigenvalue weighted by Crippen LogP contribution is -2.27. The van der Waals surface area contributed by atoms with Crippen molar-refractivity contribution in [1.82, 2.24) is 20.1 Å². The molecular weight excluding hydrogens is 416 g/mol. The molecule has 2 aromatic heterocycles. The number of benzene rings is 1. The first-order valence-electron chi connectivity index (χ1n) is 10.5. The van der Waals surface area contributed by atoms with E-state index in [4.69, 9.17) is 10.5 Å². The summed E-state index contributed by atoms with van der Waals surface area (Å²) in [7, 11) is 0. The predicted molar refractivity (Wildman–Crippen MR) is 119 cm³/mol. The molecule has 1 aliphatic heterocycles. The number of anilines is 1. The van der Waals surface area contributed by atoms with Gasteiger partial charge in [0.15, 0.2) is 23.1 Å². The molecular formula is C23H23F2N5O2. The zero-order valence-electron chi connectivity index (χ0n) is 17.5. The van der Waals surface area contributed by atoms with Crippen molar-refractivity contribution in [1.29, 1.82) is 0 Å². The van der Waals surface area contributed by atoms with Crippen molar-refractivity contribution >= 4 is 16.7 Å². The second-order valence-electron chi connectivity index (χ2n) is 8.37. The Morgan fingerprint density at radius 3 is 2.78 bits per heavy atom. The molecule has 0 amide bonds. The molecule has 166 valence electrons. The minimum atomic E-state index is -1.92. The van der Waals surface area contributed by atoms with E-state index in [1.165, 1.54) is 19.1 Å². The van der Waals surface area contributed by atoms with Crippen molar-refractivity contribution in [3.8, 4) is 16.9 Å². The van der Waals surface area contributed by atoms with E-state index in [9.17, 15) is 13.6 Å². The fraction of sp³-hybridized carbons (Fsp3) is 0.304. The molecule has 0 spiro atoms. The highest BCUT2D eigenvalue weighted by Gasteiger charge is 2.35. The molecule has 1 aliphatic carbocycles. The average molecular weight is 439 g/mol. The highest BCUT2D eigenvalue weighted by Crippen LogP contribution is 2.38. The van der Waals surface area contributed by atoms with E-state index in [1.54, 1.807) is 24.3 Å². The van der Waals surface area contributed by atoms with Crippen molar-refractivity contribution in [2.45, 2.75) is 31.5 Å². The molecule has 0 bridgehead atoms. The molecule has 1 aromatic carbocycles. The highest BCUT2D eigenvalue weighted by atomic mass is 19.1. The number of ether oxygens (including phenoxy) is 1. The van der Waals surface area contributed by atoms with Gasteiger partial charge < -0.3 is 20.4 Å². The Morgan fingerprint density at radius 2 is 2.09 bits per heavy atom. The fourth-order valence-corrected chi connectivity index (χ4v) is 4.40. The van der Waals surface area contributed by atoms with E-state index < -0.39 is 11.5 Å². The number of nitrogens with two attached hydrogens (primary N) is 1. The molecule has 3 heterocycles. The zero-order valence-corrected chi connectivity index (χ0v) is 17.5. The Morgan fingerprint density at radius 1 is 1.31 bits per heavy atom. The number of aromatic nitrogens is 3. The third-order valence-corrected chi connectivity index (χ3v) is 6.05. The molecule has 2 aliphatic rings. The number of fused-ring (bicyclic) bond motifs is 1. The lowest BCUT2D eigenvalue weighted by Gasteiger charge is -2.25. The van der Waals surface area contributed by atoms with Crippen LogP contribution < -0.4 is 21.3 Å². The van der Waals surface area contributed by atoms with E-state index in [0.29, 0.717) is 16.7 Å². The van der Waals surface area contributed by atoms with Crippen LogP contribution in [0.15, 0.2) is 59.0 Å². The van der Waals surface area contributed by atoms with Crippen LogP contribution >= 0.6 is 0 Å². The Bertz CT molecular complexity index is 1300. The smallest absolute Gasteiger partial charge is 0.288 e. The summed E-state index contributed by atoms with van der Waals surface area (Å²) >= 11 is 0. The number of aromatic amines is 1. The van der Waals surface area contributed by atoms with Gasteiger partial charge in [-0.05, 0) is 43.7 Å². The van der Waals surface area contributed by atoms with Gasteiger partial charge in [-0.25, -0.2) is 13.9 Å². The van der Waals surface area contributed by atoms with E-state index in [0.717, 1.165) is 30.6 Å². The molecule has 0 saturated carbocycles. The lowest BCUT2D eigenvalue weighted by molar-refractivity contribution is 0.160. The Kier molecular flexibility index (Phi) is 4.85. The molecule has 0 radical (unpaired) electrons. The SMILES string of the molecule is CC1(F)CC=CC(F)=C1Oc1ccc(-c2cn([C@@H]3CCNC3)c3c(=O)[nH]nc(N)c23)cc1. The van der Waals surface area contributed by atoms with Gasteiger partial charge in [-0.3, -0.25) is 4.79 Å². The maximum atomic E-state index is 14.7. The standard InChI is InChI=1S/C23H23F2N5O2/c1-23(25)9-2-3-17(24)20(23)32-15-6-4-13(5-7-15)16-12-30(14-8-10-27-11-14)19-18(16)21(26)28-29-22(19)31/h2-7,12,14,27H,8-11H2,1H3,(H2,26,28)(H,29,31)/t14-,23?/m1/s1. The molecule has 1 saturated heterocycles. The molecule has 1 unspecified atom stereocenters. The van der Waals surface area contributed by atoms with Crippen molar-refractivity contribution in [3.05, 3.63) is 64.6 Å². The molecule has 32 heavy (non-hydrogen) atoms. The first-order valence-corrected chi connectivity index (χ1v) is 10.5. The van der Waals surface area contributed by atoms with E-state index in [-0.39, 0.29) is 29.6 Å². The Balaban J connectivity index is 1.55. The minimum absolute atomic E-state index is 0.0458. The van der Waals surface area contributed by atoms with Crippen LogP contribution in [0, 0.1) is 0 Å². The normalized spacial score (nSPS) is 23.3. The van der Waals surface area contributed by atoms with Gasteiger partial charge in [0.25, 0.3) is 5.56 Å². The lowest BCUT2D eigenvalue weighted by atomic mass is 9.96. The first-order chi connectivity index (χ1) is 15.3. The van der Waals surface area contributed by atoms with E-state index >= 15 is 0 Å². The number of alkyl halides is 1. The summed E-state index contributed by atoms with van der Waals surface area (Å²) in [6, 6.07) is 6.96. The van der Waals surface area contributed by atoms with Crippen molar-refractivity contribution in [2.24, 2.45) is 0 Å². The van der Waals surface area contributed by atoms with Crippen molar-refractivity contribution in [2.75, 3.05) is 18.8 Å². The van der Waals surface area contributed by atoms with Crippen LogP contribution in [0.25, 0.3) is 22.0 Å². The number of hydrogen-bond acceptors (Lipinski definition) is 5. The van der Waals surface area contributed by atoms with Crippen LogP contribution in [0.5, 0.6) is 5.75 Å². The Labute approximate surface area is 182 Å². The summed E-state index contributed by atoms with van der Waals surface area (Å²) in [5.41, 5.74) is 5.95. The zero-order chi connectivity index (χ0) is 22.5. The summed E-state index contributed by atoms with van der Waals surface area (Å²) in [5, 5.41) is 10.3. The van der Waals surface area contributed by atoms with Crippen molar-refractivity contribution < 1.29 is 13.5 Å². The second kappa shape index (κ2) is 7.59. The summed E-state index contributed by atoms with van der Waals surface area (Å²) in [4.78, 5) is 12.6. The molecule has 2 atom stereocenters. The summed E-state index contributed by atoms with van der Waals surface area (Å²) in [6.45, 7) is 2.92. The molecule has 9 heteroatoms. The predicted octanol–water partition coefficient (Wildman–Crippen LogP) is 3.76. The van der Waals surface area contributed by atoms with E-state index in [1.807, 2.05) is 10.8 Å². The summed E-state index contributed by atoms with van der Waals surface area (Å²) in [6.07, 6.45) is 5.52. The number of nitrogens with one attached hydrogen (secondary N) is 2. The van der Waals surface area contributed by atoms with Crippen LogP contribution in [0.1, 0.15) is 25.8 Å². The summed E-state index contributed by atoms with van der Waals surface area (Å²) < 4.78 is 36.4. The molecule has 5 rings (SSSR count). The number of H-pyrrole nitrogens is 1. The van der Waals surface area contributed by atoms with Crippen LogP contribution in [0.2, 0.25) is 0 Å². The first kappa shape index (κ1) is 20.4. The molecule has 7 nitrogen and oxygen atoms in total. The number of nitrogen functional groups attached to an aromatic ring is 1. The number of rotatable bonds is 4. The van der Waals surface area contributed by atoms with Gasteiger partial charge in [0.1, 0.15) is 11.3 Å². The topological polar surface area (TPSA) is 98.0 Å². The van der Waals surface area contributed by atoms with Gasteiger partial charge >= 0.3 is 0 Å². The van der Waals surface area contributed by atoms with Gasteiger partial charge in [-0.1, -0.05) is 18.2 Å². The quantitative estimate of drug-likeness (QED) is 0.575. The molecule has 3 aromatic rings. The maximum absolute atomic E-state index is 14.7. The fourth-order valence-electron chi connectivity index (χ4n) is 4.40. The van der Waals surface area contributed by atoms with Crippen molar-refractivity contribution in [3.63, 3.8) is 0 Å². The Hall–Kier alpha value is -3.46. The number of allylic oxidation sites excluding steroid dienone is 4. The summed E-state index contributed by atoms with van der Waals surface area (Å²) in [5.74, 6) is -0.519. The van der Waals surface area contributed by atoms with Gasteiger partial charge in [0, 0.05) is 30.8 Å². The van der Waals surface area contributed by atoms with Gasteiger partial charge in [0.05, 0.1) is 5.39 Å². The van der Waals surface area contributed by atoms with Crippen LogP contribution in [0.3, 0.4) is 0 Å². The third kappa shape index (κ3) is 3.38. The third-order valence-electron chi connectivity index (χ3n) is 6.05. The largest absolute Gasteiger partial charge is 0.455 e. The second-order valence-corrected chi connectivity index (χ2v) is 8.37. The maximum Gasteiger partial charge on any atom is 0.288 e. The van der Waals surface area contributed by atoms with Crippen LogP contribution in [-0.4, -0.2) is 33.5 Å². The molecule has 4 N–H and O–H groups in total. The number of hydrogen-bond donors (Lipinski definition) is 3. The van der Waals surface area contributed by atoms with Gasteiger partial charge in [-0.15, -0.1) is 0 Å². The van der Waals surface area contributed by atoms with Gasteiger partial charge in [0.2, 0.25) is 0 Å². The minimum Gasteiger partial charge on any atom is -0.455 e. The highest BCUT2D eigenvalue weighted by molar-refractivity contribution is 6.02.